The zero-order chi connectivity index (χ0) is 22.2. The lowest BCUT2D eigenvalue weighted by molar-refractivity contribution is -0.128. The lowest BCUT2D eigenvalue weighted by Crippen LogP contribution is -2.45. The van der Waals surface area contributed by atoms with Crippen molar-refractivity contribution in [2.75, 3.05) is 18.0 Å². The molecule has 0 amide bonds. The molecule has 1 N–H and O–H groups in total. The van der Waals surface area contributed by atoms with Crippen LogP contribution in [0.5, 0.6) is 0 Å². The average Bonchev–Trinajstić information content (AvgIpc) is 3.05. The van der Waals surface area contributed by atoms with E-state index in [2.05, 4.69) is 26.9 Å². The van der Waals surface area contributed by atoms with Crippen molar-refractivity contribution in [3.63, 3.8) is 0 Å². The number of Topliss-reactive ketones (excluding diaryl/α,β-unsaturated/α-hetero) is 1. The number of benzene rings is 1. The third-order valence-electron chi connectivity index (χ3n) is 5.84. The molecule has 0 bridgehead atoms. The van der Waals surface area contributed by atoms with Crippen LogP contribution in [0.15, 0.2) is 48.3 Å². The lowest BCUT2D eigenvalue weighted by Gasteiger charge is -2.37. The summed E-state index contributed by atoms with van der Waals surface area (Å²) in [5, 5.41) is 8.09. The summed E-state index contributed by atoms with van der Waals surface area (Å²) in [4.78, 5) is 24.5. The number of ketones is 1. The molecule has 1 saturated heterocycles. The molecule has 0 unspecified atom stereocenters. The molecule has 2 aliphatic heterocycles. The molecule has 2 aliphatic rings. The maximum atomic E-state index is 12.5. The van der Waals surface area contributed by atoms with Crippen molar-refractivity contribution in [1.82, 2.24) is 10.3 Å². The van der Waals surface area contributed by atoms with Crippen LogP contribution >= 0.6 is 11.6 Å². The summed E-state index contributed by atoms with van der Waals surface area (Å²) in [5.41, 5.74) is 2.87. The van der Waals surface area contributed by atoms with E-state index < -0.39 is 5.60 Å². The van der Waals surface area contributed by atoms with Crippen LogP contribution in [-0.2, 0) is 9.63 Å². The molecule has 0 spiro atoms. The summed E-state index contributed by atoms with van der Waals surface area (Å²) in [5.74, 6) is 0.597. The van der Waals surface area contributed by atoms with Crippen molar-refractivity contribution in [2.24, 2.45) is 5.16 Å². The third-order valence-corrected chi connectivity index (χ3v) is 6.30. The van der Waals surface area contributed by atoms with Crippen LogP contribution in [0.3, 0.4) is 0 Å². The van der Waals surface area contributed by atoms with E-state index in [1.165, 1.54) is 0 Å². The number of hydrogen-bond acceptors (Lipinski definition) is 6. The van der Waals surface area contributed by atoms with Crippen molar-refractivity contribution in [3.8, 4) is 0 Å². The number of rotatable bonds is 5. The summed E-state index contributed by atoms with van der Waals surface area (Å²) in [6, 6.07) is 9.76. The molecular weight excluding hydrogens is 412 g/mol. The van der Waals surface area contributed by atoms with Crippen molar-refractivity contribution in [1.29, 1.82) is 0 Å². The minimum atomic E-state index is -0.921. The van der Waals surface area contributed by atoms with E-state index in [9.17, 15) is 4.79 Å². The number of anilines is 1. The molecule has 31 heavy (non-hydrogen) atoms. The number of carbonyl (C=O) groups is 1. The summed E-state index contributed by atoms with van der Waals surface area (Å²) < 4.78 is 0. The predicted octanol–water partition coefficient (Wildman–Crippen LogP) is 4.35. The molecule has 1 atom stereocenters. The second kappa shape index (κ2) is 8.44. The number of hydrogen-bond donors (Lipinski definition) is 1. The van der Waals surface area contributed by atoms with Crippen molar-refractivity contribution in [3.05, 3.63) is 64.8 Å². The highest BCUT2D eigenvalue weighted by Crippen LogP contribution is 2.35. The zero-order valence-electron chi connectivity index (χ0n) is 18.1. The van der Waals surface area contributed by atoms with Gasteiger partial charge in [-0.1, -0.05) is 47.6 Å². The molecule has 2 aromatic rings. The van der Waals surface area contributed by atoms with Crippen molar-refractivity contribution < 1.29 is 9.63 Å². The Morgan fingerprint density at radius 3 is 2.65 bits per heavy atom. The number of nitrogens with zero attached hydrogens (tertiary/aromatic N) is 3. The molecule has 7 heteroatoms. The molecule has 1 aromatic carbocycles. The van der Waals surface area contributed by atoms with Crippen LogP contribution in [0.25, 0.3) is 5.70 Å². The van der Waals surface area contributed by atoms with Gasteiger partial charge in [-0.3, -0.25) is 4.79 Å². The first-order valence-corrected chi connectivity index (χ1v) is 10.9. The molecule has 162 valence electrons. The standard InChI is InChI=1S/C24H27ClN4O2/c1-15-11-13-27-23(20(15)25)29(19-6-5-12-26-14-19)16(2)17-7-9-18(10-8-17)21-22(30)24(3,4)31-28-21/h7-11,13,19,26H,2,5-6,12,14H2,1,3-4H3/t19-/m1/s1. The van der Waals surface area contributed by atoms with Gasteiger partial charge in [0.15, 0.2) is 17.1 Å². The molecule has 3 heterocycles. The maximum Gasteiger partial charge on any atom is 0.230 e. The molecule has 0 saturated carbocycles. The quantitative estimate of drug-likeness (QED) is 0.751. The first-order chi connectivity index (χ1) is 14.8. The number of nitrogens with one attached hydrogen (secondary N) is 1. The highest BCUT2D eigenvalue weighted by Gasteiger charge is 2.40. The number of aryl methyl sites for hydroxylation is 1. The first kappa shape index (κ1) is 21.5. The van der Waals surface area contributed by atoms with Crippen LogP contribution in [0, 0.1) is 6.92 Å². The van der Waals surface area contributed by atoms with E-state index in [-0.39, 0.29) is 11.8 Å². The Labute approximate surface area is 187 Å². The Balaban J connectivity index is 1.66. The topological polar surface area (TPSA) is 66.8 Å². The highest BCUT2D eigenvalue weighted by atomic mass is 35.5. The Morgan fingerprint density at radius 2 is 2.03 bits per heavy atom. The number of carbonyl (C=O) groups excluding carboxylic acids is 1. The highest BCUT2D eigenvalue weighted by molar-refractivity contribution is 6.49. The molecule has 0 aliphatic carbocycles. The minimum absolute atomic E-state index is 0.121. The Bertz CT molecular complexity index is 1040. The molecule has 1 aromatic heterocycles. The third kappa shape index (κ3) is 4.10. The maximum absolute atomic E-state index is 12.5. The molecule has 1 fully saturated rings. The molecule has 6 nitrogen and oxygen atoms in total. The van der Waals surface area contributed by atoms with E-state index in [0.717, 1.165) is 54.1 Å². The summed E-state index contributed by atoms with van der Waals surface area (Å²) in [7, 11) is 0. The van der Waals surface area contributed by atoms with Gasteiger partial charge in [-0.25, -0.2) is 4.98 Å². The average molecular weight is 439 g/mol. The first-order valence-electron chi connectivity index (χ1n) is 10.5. The van der Waals surface area contributed by atoms with Gasteiger partial charge in [0.05, 0.1) is 5.02 Å². The number of aromatic nitrogens is 1. The van der Waals surface area contributed by atoms with Crippen molar-refractivity contribution >= 4 is 34.6 Å². The van der Waals surface area contributed by atoms with Gasteiger partial charge in [0.1, 0.15) is 0 Å². The second-order valence-electron chi connectivity index (χ2n) is 8.53. The molecule has 0 radical (unpaired) electrons. The predicted molar refractivity (Wildman–Crippen MR) is 125 cm³/mol. The fraction of sp³-hybridized carbons (Fsp3) is 0.375. The number of oxime groups is 1. The van der Waals surface area contributed by atoms with E-state index in [0.29, 0.717) is 10.7 Å². The Morgan fingerprint density at radius 1 is 1.29 bits per heavy atom. The minimum Gasteiger partial charge on any atom is -0.381 e. The summed E-state index contributed by atoms with van der Waals surface area (Å²) in [6.07, 6.45) is 3.88. The van der Waals surface area contributed by atoms with E-state index in [1.54, 1.807) is 20.0 Å². The fourth-order valence-electron chi connectivity index (χ4n) is 3.94. The zero-order valence-corrected chi connectivity index (χ0v) is 18.9. The molecular formula is C24H27ClN4O2. The van der Waals surface area contributed by atoms with Crippen LogP contribution in [0.4, 0.5) is 5.82 Å². The number of halogens is 1. The van der Waals surface area contributed by atoms with Gasteiger partial charge >= 0.3 is 0 Å². The van der Waals surface area contributed by atoms with Crippen LogP contribution in [-0.4, -0.2) is 41.2 Å². The lowest BCUT2D eigenvalue weighted by atomic mass is 9.95. The van der Waals surface area contributed by atoms with Gasteiger partial charge in [-0.15, -0.1) is 0 Å². The van der Waals surface area contributed by atoms with Gasteiger partial charge < -0.3 is 15.1 Å². The van der Waals surface area contributed by atoms with Gasteiger partial charge in [0.2, 0.25) is 5.78 Å². The van der Waals surface area contributed by atoms with Crippen LogP contribution in [0.2, 0.25) is 5.02 Å². The van der Waals surface area contributed by atoms with E-state index >= 15 is 0 Å². The summed E-state index contributed by atoms with van der Waals surface area (Å²) in [6.45, 7) is 11.6. The van der Waals surface area contributed by atoms with Crippen molar-refractivity contribution in [2.45, 2.75) is 45.3 Å². The fourth-order valence-corrected chi connectivity index (χ4v) is 4.14. The SMILES string of the molecule is C=C(c1ccc(C2=NOC(C)(C)C2=O)cc1)N(c1nccc(C)c1Cl)[C@@H]1CCCNC1. The Kier molecular flexibility index (Phi) is 5.86. The van der Waals surface area contributed by atoms with Gasteiger partial charge in [0.25, 0.3) is 0 Å². The smallest absolute Gasteiger partial charge is 0.230 e. The second-order valence-corrected chi connectivity index (χ2v) is 8.91. The van der Waals surface area contributed by atoms with Crippen LogP contribution < -0.4 is 10.2 Å². The largest absolute Gasteiger partial charge is 0.381 e. The van der Waals surface area contributed by atoms with Gasteiger partial charge in [-0.05, 0) is 57.4 Å². The normalized spacial score (nSPS) is 20.2. The van der Waals surface area contributed by atoms with Gasteiger partial charge in [0, 0.05) is 30.0 Å². The van der Waals surface area contributed by atoms with Crippen LogP contribution in [0.1, 0.15) is 43.4 Å². The number of pyridine rings is 1. The number of piperidine rings is 1. The van der Waals surface area contributed by atoms with Gasteiger partial charge in [-0.2, -0.15) is 0 Å². The molecule has 4 rings (SSSR count). The van der Waals surface area contributed by atoms with E-state index in [1.807, 2.05) is 37.3 Å². The summed E-state index contributed by atoms with van der Waals surface area (Å²) >= 11 is 6.66. The van der Waals surface area contributed by atoms with E-state index in [4.69, 9.17) is 16.4 Å². The monoisotopic (exact) mass is 438 g/mol. The Hall–Kier alpha value is -2.70.